The van der Waals surface area contributed by atoms with Gasteiger partial charge in [0.05, 0.1) is 17.6 Å². The molecular weight excluding hydrogens is 916 g/mol. The minimum atomic E-state index is -0.616. The molecule has 3 aromatic carbocycles. The van der Waals surface area contributed by atoms with E-state index in [9.17, 15) is 19.5 Å². The Balaban J connectivity index is 0.660. The van der Waals surface area contributed by atoms with Crippen molar-refractivity contribution in [1.29, 1.82) is 0 Å². The van der Waals surface area contributed by atoms with Crippen LogP contribution in [0, 0.1) is 11.7 Å². The fourth-order valence-corrected chi connectivity index (χ4v) is 13.0. The number of piperidine rings is 3. The smallest absolute Gasteiger partial charge is 0.319 e. The molecule has 5 atom stereocenters. The van der Waals surface area contributed by atoms with Crippen molar-refractivity contribution >= 4 is 50.9 Å². The van der Waals surface area contributed by atoms with E-state index in [1.165, 1.54) is 0 Å². The number of hydrogen-bond acceptors (Lipinski definition) is 14. The number of anilines is 2. The molecule has 72 heavy (non-hydrogen) atoms. The van der Waals surface area contributed by atoms with Crippen LogP contribution in [0.15, 0.2) is 54.7 Å². The molecule has 6 saturated heterocycles. The second kappa shape index (κ2) is 19.4. The number of aryl methyl sites for hydroxylation is 1. The number of aromatic hydroxyl groups is 1. The van der Waals surface area contributed by atoms with Crippen molar-refractivity contribution in [3.05, 3.63) is 77.2 Å². The van der Waals surface area contributed by atoms with Gasteiger partial charge in [0.1, 0.15) is 35.4 Å². The summed E-state index contributed by atoms with van der Waals surface area (Å²) in [7, 11) is 2.11. The molecule has 2 aromatic heterocycles. The largest absolute Gasteiger partial charge is 0.508 e. The van der Waals surface area contributed by atoms with Crippen molar-refractivity contribution in [2.24, 2.45) is 5.92 Å². The first-order chi connectivity index (χ1) is 35.0. The van der Waals surface area contributed by atoms with Gasteiger partial charge in [0.2, 0.25) is 11.8 Å². The lowest BCUT2D eigenvalue weighted by molar-refractivity contribution is -0.136. The number of benzene rings is 3. The highest BCUT2D eigenvalue weighted by Gasteiger charge is 2.41. The number of likely N-dealkylation sites (tertiary alicyclic amines) is 2. The average molecular weight is 981 g/mol. The summed E-state index contributed by atoms with van der Waals surface area (Å²) in [5.74, 6) is -0.0746. The van der Waals surface area contributed by atoms with Crippen LogP contribution in [-0.2, 0) is 27.3 Å². The Kier molecular flexibility index (Phi) is 12.7. The number of piperazine rings is 1. The molecule has 9 heterocycles. The number of carbonyl (C=O) groups excluding carboxylic acids is 3. The molecule has 0 saturated carbocycles. The summed E-state index contributed by atoms with van der Waals surface area (Å²) in [5, 5.41) is 19.1. The average Bonchev–Trinajstić information content (AvgIpc) is 4.04. The number of halogens is 1. The maximum atomic E-state index is 17.2. The van der Waals surface area contributed by atoms with Crippen LogP contribution in [-0.4, -0.2) is 155 Å². The molecular formula is C55H65FN10O6. The van der Waals surface area contributed by atoms with Crippen molar-refractivity contribution < 1.29 is 33.4 Å². The number of hydrogen-bond donors (Lipinski definition) is 3. The molecule has 0 spiro atoms. The zero-order chi connectivity index (χ0) is 49.2. The lowest BCUT2D eigenvalue weighted by atomic mass is 9.94. The second-order valence-electron chi connectivity index (χ2n) is 21.4. The number of carbonyl (C=O) groups is 3. The predicted molar refractivity (Wildman–Crippen MR) is 272 cm³/mol. The fourth-order valence-electron chi connectivity index (χ4n) is 13.0. The van der Waals surface area contributed by atoms with E-state index in [0.717, 1.165) is 131 Å². The lowest BCUT2D eigenvalue weighted by Crippen LogP contribution is -2.52. The third-order valence-corrected chi connectivity index (χ3v) is 16.8. The SMILES string of the molecule is CCc1cccc2cc(O)cc(-c3ncc4c(N5CC6CCC(C5)N6)nc(OC[C@@H]5C[C@@H](OC6CCN(CC7CCN(c8cccc9c8CN(C8CCC(=O)NC8=O)C9=O)CC7)CC6)CN5C)nc4c3F)c12. The number of ether oxygens (including phenoxy) is 2. The number of phenols is 1. The highest BCUT2D eigenvalue weighted by atomic mass is 19.1. The van der Waals surface area contributed by atoms with Crippen LogP contribution in [0.3, 0.4) is 0 Å². The van der Waals surface area contributed by atoms with E-state index in [1.54, 1.807) is 23.2 Å². The highest BCUT2D eigenvalue weighted by molar-refractivity contribution is 6.06. The summed E-state index contributed by atoms with van der Waals surface area (Å²) >= 11 is 0. The van der Waals surface area contributed by atoms with Gasteiger partial charge in [0.25, 0.3) is 5.91 Å². The van der Waals surface area contributed by atoms with Gasteiger partial charge in [-0.15, -0.1) is 0 Å². The van der Waals surface area contributed by atoms with E-state index in [1.807, 2.05) is 30.3 Å². The van der Waals surface area contributed by atoms with Gasteiger partial charge in [-0.3, -0.25) is 29.6 Å². The molecule has 3 N–H and O–H groups in total. The minimum Gasteiger partial charge on any atom is -0.508 e. The van der Waals surface area contributed by atoms with Gasteiger partial charge < -0.3 is 39.5 Å². The van der Waals surface area contributed by atoms with Gasteiger partial charge in [-0.05, 0) is 111 Å². The maximum absolute atomic E-state index is 17.2. The first-order valence-corrected chi connectivity index (χ1v) is 26.4. The number of rotatable bonds is 12. The maximum Gasteiger partial charge on any atom is 0.319 e. The molecule has 378 valence electrons. The van der Waals surface area contributed by atoms with Crippen molar-refractivity contribution in [3.8, 4) is 23.0 Å². The van der Waals surface area contributed by atoms with Crippen molar-refractivity contribution in [2.75, 3.05) is 75.8 Å². The van der Waals surface area contributed by atoms with Crippen LogP contribution in [0.2, 0.25) is 0 Å². The van der Waals surface area contributed by atoms with Gasteiger partial charge in [-0.25, -0.2) is 4.39 Å². The number of likely N-dealkylation sites (N-methyl/N-ethyl adjacent to an activating group) is 1. The van der Waals surface area contributed by atoms with Gasteiger partial charge in [0, 0.05) is 112 Å². The molecule has 6 fully saturated rings. The van der Waals surface area contributed by atoms with Crippen LogP contribution >= 0.6 is 0 Å². The number of nitrogens with one attached hydrogen (secondary N) is 2. The number of pyridine rings is 1. The zero-order valence-corrected chi connectivity index (χ0v) is 41.3. The summed E-state index contributed by atoms with van der Waals surface area (Å²) in [6.07, 6.45) is 10.5. The van der Waals surface area contributed by atoms with Gasteiger partial charge in [0.15, 0.2) is 5.82 Å². The Bertz CT molecular complexity index is 2910. The quantitative estimate of drug-likeness (QED) is 0.128. The van der Waals surface area contributed by atoms with Gasteiger partial charge in [-0.2, -0.15) is 9.97 Å². The van der Waals surface area contributed by atoms with E-state index < -0.39 is 11.9 Å². The van der Waals surface area contributed by atoms with E-state index in [2.05, 4.69) is 50.3 Å². The Morgan fingerprint density at radius 1 is 0.861 bits per heavy atom. The Morgan fingerprint density at radius 2 is 1.65 bits per heavy atom. The number of fused-ring (bicyclic) bond motifs is 5. The third kappa shape index (κ3) is 9.00. The van der Waals surface area contributed by atoms with Crippen molar-refractivity contribution in [1.82, 2.24) is 40.3 Å². The fraction of sp³-hybridized carbons (Fsp3) is 0.527. The molecule has 12 rings (SSSR count). The first-order valence-electron chi connectivity index (χ1n) is 26.4. The Hall–Kier alpha value is -6.01. The molecule has 7 aliphatic rings. The summed E-state index contributed by atoms with van der Waals surface area (Å²) in [4.78, 5) is 63.5. The number of aromatic nitrogens is 3. The van der Waals surface area contributed by atoms with Crippen LogP contribution in [0.1, 0.15) is 86.2 Å². The van der Waals surface area contributed by atoms with Crippen LogP contribution in [0.4, 0.5) is 15.9 Å². The second-order valence-corrected chi connectivity index (χ2v) is 21.4. The normalized spacial score (nSPS) is 25.6. The highest BCUT2D eigenvalue weighted by Crippen LogP contribution is 2.40. The van der Waals surface area contributed by atoms with E-state index in [-0.39, 0.29) is 65.4 Å². The summed E-state index contributed by atoms with van der Waals surface area (Å²) < 4.78 is 30.5. The third-order valence-electron chi connectivity index (χ3n) is 16.8. The molecule has 16 nitrogen and oxygen atoms in total. The molecule has 3 unspecified atom stereocenters. The van der Waals surface area contributed by atoms with Crippen LogP contribution < -0.4 is 25.2 Å². The van der Waals surface area contributed by atoms with Gasteiger partial charge >= 0.3 is 6.01 Å². The van der Waals surface area contributed by atoms with Crippen molar-refractivity contribution in [3.63, 3.8) is 0 Å². The first kappa shape index (κ1) is 47.0. The molecule has 0 aliphatic carbocycles. The van der Waals surface area contributed by atoms with Gasteiger partial charge in [-0.1, -0.05) is 31.2 Å². The zero-order valence-electron chi connectivity index (χ0n) is 41.3. The number of amides is 3. The molecule has 7 aliphatic heterocycles. The van der Waals surface area contributed by atoms with Crippen LogP contribution in [0.25, 0.3) is 32.9 Å². The summed E-state index contributed by atoms with van der Waals surface area (Å²) in [6, 6.07) is 15.4. The van der Waals surface area contributed by atoms with E-state index >= 15 is 4.39 Å². The Labute approximate surface area is 419 Å². The summed E-state index contributed by atoms with van der Waals surface area (Å²) in [6.45, 7) is 10.0. The monoisotopic (exact) mass is 981 g/mol. The number of nitrogens with zero attached hydrogens (tertiary/aromatic N) is 8. The predicted octanol–water partition coefficient (Wildman–Crippen LogP) is 5.80. The topological polar surface area (TPSA) is 169 Å². The van der Waals surface area contributed by atoms with Crippen LogP contribution in [0.5, 0.6) is 11.8 Å². The molecule has 2 bridgehead atoms. The molecule has 3 amide bonds. The van der Waals surface area contributed by atoms with E-state index in [0.29, 0.717) is 59.9 Å². The molecule has 5 aromatic rings. The molecule has 0 radical (unpaired) electrons. The molecule has 17 heteroatoms. The standard InChI is InChI=1S/C55H65FN10O6/c1-3-33-6-4-7-34-22-38(67)24-42(48(33)34)50-49(56)51-43(25-57-50)52(65-27-35-10-11-36(28-65)58-35)61-55(60-51)71-31-37-23-40(29-62(37)2)72-39-16-18-63(19-17-39)26-32-14-20-64(21-15-32)45-9-5-8-41-44(45)30-66(54(41)70)46-12-13-47(68)59-53(46)69/h4-9,22,24-25,32,35-37,39-40,46,58,67H,3,10-21,23,26-31H2,1-2H3,(H,59,68,69)/t35?,36?,37-,40+,46?/m0/s1. The number of imide groups is 1. The van der Waals surface area contributed by atoms with E-state index in [4.69, 9.17) is 24.4 Å². The van der Waals surface area contributed by atoms with Crippen molar-refractivity contribution in [2.45, 2.75) is 114 Å². The minimum absolute atomic E-state index is 0.0477. The lowest BCUT2D eigenvalue weighted by Gasteiger charge is -2.39. The number of phenolic OH excluding ortho intramolecular Hbond substituents is 1. The summed E-state index contributed by atoms with van der Waals surface area (Å²) in [5.41, 5.74) is 4.60. The Morgan fingerprint density at radius 3 is 2.43 bits per heavy atom.